The minimum atomic E-state index is -5.77. The fourth-order valence-corrected chi connectivity index (χ4v) is 4.84. The van der Waals surface area contributed by atoms with E-state index in [0.29, 0.717) is 11.5 Å². The predicted octanol–water partition coefficient (Wildman–Crippen LogP) is 6.42. The highest BCUT2D eigenvalue weighted by atomic mass is 19.4. The SMILES string of the molecule is O=C(OC(C(F)(F)F)C(F)(F)F)N1CCN(C(c2ccc(-c3ccccc3)cc2)c2ccc3c(c2)OCO3)CC1. The second-order valence-corrected chi connectivity index (χ2v) is 9.37. The van der Waals surface area contributed by atoms with E-state index in [9.17, 15) is 31.1 Å². The molecule has 0 saturated carbocycles. The third-order valence-corrected chi connectivity index (χ3v) is 6.80. The van der Waals surface area contributed by atoms with Crippen LogP contribution in [0.3, 0.4) is 0 Å². The topological polar surface area (TPSA) is 51.2 Å². The highest BCUT2D eigenvalue weighted by Crippen LogP contribution is 2.39. The Labute approximate surface area is 225 Å². The normalized spacial score (nSPS) is 16.7. The number of ether oxygens (including phenoxy) is 3. The minimum Gasteiger partial charge on any atom is -0.454 e. The van der Waals surface area contributed by atoms with Crippen LogP contribution in [0.2, 0.25) is 0 Å². The van der Waals surface area contributed by atoms with E-state index in [0.717, 1.165) is 27.2 Å². The van der Waals surface area contributed by atoms with Gasteiger partial charge in [0.1, 0.15) is 0 Å². The van der Waals surface area contributed by atoms with E-state index >= 15 is 0 Å². The van der Waals surface area contributed by atoms with Gasteiger partial charge in [0.2, 0.25) is 6.79 Å². The van der Waals surface area contributed by atoms with Crippen LogP contribution in [-0.4, -0.2) is 67.3 Å². The summed E-state index contributed by atoms with van der Waals surface area (Å²) in [5.41, 5.74) is 3.80. The molecule has 40 heavy (non-hydrogen) atoms. The molecule has 0 bridgehead atoms. The Balaban J connectivity index is 1.36. The number of carbonyl (C=O) groups excluding carboxylic acids is 1. The molecule has 6 nitrogen and oxygen atoms in total. The van der Waals surface area contributed by atoms with Crippen molar-refractivity contribution in [2.24, 2.45) is 0 Å². The van der Waals surface area contributed by atoms with Crippen molar-refractivity contribution < 1.29 is 45.3 Å². The molecule has 1 fully saturated rings. The zero-order chi connectivity index (χ0) is 28.5. The molecule has 212 valence electrons. The van der Waals surface area contributed by atoms with Gasteiger partial charge in [-0.1, -0.05) is 60.7 Å². The van der Waals surface area contributed by atoms with Crippen molar-refractivity contribution in [3.8, 4) is 22.6 Å². The smallest absolute Gasteiger partial charge is 0.434 e. The van der Waals surface area contributed by atoms with E-state index in [1.807, 2.05) is 71.6 Å². The van der Waals surface area contributed by atoms with E-state index in [-0.39, 0.29) is 39.0 Å². The Morgan fingerprint density at radius 3 is 1.93 bits per heavy atom. The van der Waals surface area contributed by atoms with Crippen molar-refractivity contribution in [2.45, 2.75) is 24.5 Å². The lowest BCUT2D eigenvalue weighted by atomic mass is 9.94. The average molecular weight is 566 g/mol. The van der Waals surface area contributed by atoms with Gasteiger partial charge in [0.25, 0.3) is 6.10 Å². The lowest BCUT2D eigenvalue weighted by Crippen LogP contribution is -2.53. The Morgan fingerprint density at radius 2 is 1.30 bits per heavy atom. The highest BCUT2D eigenvalue weighted by Gasteiger charge is 2.60. The molecule has 1 atom stereocenters. The van der Waals surface area contributed by atoms with Gasteiger partial charge in [0.05, 0.1) is 6.04 Å². The van der Waals surface area contributed by atoms with Crippen LogP contribution in [0.1, 0.15) is 17.2 Å². The van der Waals surface area contributed by atoms with Crippen LogP contribution in [0, 0.1) is 0 Å². The summed E-state index contributed by atoms with van der Waals surface area (Å²) in [7, 11) is 0. The van der Waals surface area contributed by atoms with Crippen LogP contribution in [0.5, 0.6) is 11.5 Å². The van der Waals surface area contributed by atoms with Crippen molar-refractivity contribution in [1.82, 2.24) is 9.80 Å². The van der Waals surface area contributed by atoms with E-state index in [1.54, 1.807) is 6.07 Å². The summed E-state index contributed by atoms with van der Waals surface area (Å²) in [4.78, 5) is 15.1. The Kier molecular flexibility index (Phi) is 7.54. The van der Waals surface area contributed by atoms with Crippen molar-refractivity contribution in [1.29, 1.82) is 0 Å². The molecule has 0 N–H and O–H groups in total. The molecule has 0 spiro atoms. The minimum absolute atomic E-state index is 0.0901. The molecule has 12 heteroatoms. The predicted molar refractivity (Wildman–Crippen MR) is 132 cm³/mol. The standard InChI is InChI=1S/C28H24F6N2O4/c29-27(30,31)25(28(32,33)34)40-26(37)36-14-12-35(13-15-36)24(21-10-11-22-23(16-21)39-17-38-22)20-8-6-19(7-9-20)18-4-2-1-3-5-18/h1-11,16,24-25H,12-15,17H2. The second-order valence-electron chi connectivity index (χ2n) is 9.37. The van der Waals surface area contributed by atoms with Gasteiger partial charge in [-0.15, -0.1) is 0 Å². The van der Waals surface area contributed by atoms with E-state index in [4.69, 9.17) is 9.47 Å². The molecular formula is C28H24F6N2O4. The Hall–Kier alpha value is -3.93. The molecular weight excluding hydrogens is 542 g/mol. The van der Waals surface area contributed by atoms with Gasteiger partial charge in [-0.3, -0.25) is 4.90 Å². The molecule has 2 aliphatic heterocycles. The summed E-state index contributed by atoms with van der Waals surface area (Å²) < 4.78 is 92.1. The molecule has 1 saturated heterocycles. The van der Waals surface area contributed by atoms with Gasteiger partial charge in [-0.25, -0.2) is 4.79 Å². The van der Waals surface area contributed by atoms with Gasteiger partial charge in [-0.2, -0.15) is 26.3 Å². The summed E-state index contributed by atoms with van der Waals surface area (Å²) in [5, 5.41) is 0. The number of halogens is 6. The van der Waals surface area contributed by atoms with E-state index in [1.165, 1.54) is 0 Å². The first-order valence-corrected chi connectivity index (χ1v) is 12.4. The van der Waals surface area contributed by atoms with E-state index < -0.39 is 24.5 Å². The molecule has 2 heterocycles. The summed E-state index contributed by atoms with van der Waals surface area (Å²) in [6, 6.07) is 22.8. The van der Waals surface area contributed by atoms with Crippen LogP contribution >= 0.6 is 0 Å². The zero-order valence-electron chi connectivity index (χ0n) is 20.9. The molecule has 1 unspecified atom stereocenters. The van der Waals surface area contributed by atoms with Crippen molar-refractivity contribution in [2.75, 3.05) is 33.0 Å². The van der Waals surface area contributed by atoms with Crippen LogP contribution in [0.15, 0.2) is 72.8 Å². The molecule has 1 amide bonds. The number of rotatable bonds is 5. The number of carbonyl (C=O) groups is 1. The number of alkyl halides is 6. The maximum absolute atomic E-state index is 12.9. The van der Waals surface area contributed by atoms with Gasteiger partial charge >= 0.3 is 18.4 Å². The number of nitrogens with zero attached hydrogens (tertiary/aromatic N) is 2. The third-order valence-electron chi connectivity index (χ3n) is 6.80. The number of piperazine rings is 1. The first kappa shape index (κ1) is 27.6. The molecule has 0 radical (unpaired) electrons. The first-order chi connectivity index (χ1) is 19.0. The Bertz CT molecular complexity index is 1310. The number of benzene rings is 3. The second kappa shape index (κ2) is 10.9. The van der Waals surface area contributed by atoms with E-state index in [2.05, 4.69) is 4.74 Å². The highest BCUT2D eigenvalue weighted by molar-refractivity contribution is 5.68. The molecule has 3 aromatic rings. The number of hydrogen-bond donors (Lipinski definition) is 0. The lowest BCUT2D eigenvalue weighted by molar-refractivity contribution is -0.308. The molecule has 5 rings (SSSR count). The number of hydrogen-bond acceptors (Lipinski definition) is 5. The first-order valence-electron chi connectivity index (χ1n) is 12.4. The molecule has 0 aromatic heterocycles. The maximum atomic E-state index is 12.9. The van der Waals surface area contributed by atoms with Crippen LogP contribution in [-0.2, 0) is 4.74 Å². The summed E-state index contributed by atoms with van der Waals surface area (Å²) in [6.07, 6.45) is -17.4. The average Bonchev–Trinajstić information content (AvgIpc) is 3.40. The van der Waals surface area contributed by atoms with Crippen molar-refractivity contribution in [3.63, 3.8) is 0 Å². The van der Waals surface area contributed by atoms with Crippen molar-refractivity contribution in [3.05, 3.63) is 83.9 Å². The number of fused-ring (bicyclic) bond motifs is 1. The maximum Gasteiger partial charge on any atom is 0.434 e. The number of amides is 1. The largest absolute Gasteiger partial charge is 0.454 e. The quantitative estimate of drug-likeness (QED) is 0.334. The monoisotopic (exact) mass is 566 g/mol. The van der Waals surface area contributed by atoms with Gasteiger partial charge < -0.3 is 19.1 Å². The van der Waals surface area contributed by atoms with Gasteiger partial charge in [0.15, 0.2) is 11.5 Å². The third kappa shape index (κ3) is 5.96. The van der Waals surface area contributed by atoms with Crippen LogP contribution < -0.4 is 9.47 Å². The van der Waals surface area contributed by atoms with Gasteiger partial charge in [0, 0.05) is 26.2 Å². The van der Waals surface area contributed by atoms with Gasteiger partial charge in [-0.05, 0) is 34.4 Å². The van der Waals surface area contributed by atoms with Crippen molar-refractivity contribution >= 4 is 6.09 Å². The Morgan fingerprint density at radius 1 is 0.725 bits per heavy atom. The lowest BCUT2D eigenvalue weighted by Gasteiger charge is -2.39. The molecule has 0 aliphatic carbocycles. The molecule has 3 aromatic carbocycles. The summed E-state index contributed by atoms with van der Waals surface area (Å²) >= 11 is 0. The summed E-state index contributed by atoms with van der Waals surface area (Å²) in [6.45, 7) is 0.205. The fraction of sp³-hybridized carbons (Fsp3) is 0.321. The van der Waals surface area contributed by atoms with Crippen LogP contribution in [0.4, 0.5) is 31.1 Å². The summed E-state index contributed by atoms with van der Waals surface area (Å²) in [5.74, 6) is 1.16. The molecule has 2 aliphatic rings. The zero-order valence-corrected chi connectivity index (χ0v) is 20.9. The van der Waals surface area contributed by atoms with Crippen LogP contribution in [0.25, 0.3) is 11.1 Å². The fourth-order valence-electron chi connectivity index (χ4n) is 4.84.